The fourth-order valence-electron chi connectivity index (χ4n) is 1.08. The van der Waals surface area contributed by atoms with Crippen molar-refractivity contribution in [2.45, 2.75) is 25.8 Å². The Kier molecular flexibility index (Phi) is 4.43. The number of nitrogens with one attached hydrogen (secondary N) is 1. The van der Waals surface area contributed by atoms with Gasteiger partial charge in [-0.3, -0.25) is 0 Å². The fourth-order valence-corrected chi connectivity index (χ4v) is 1.21. The molecule has 2 nitrogen and oxygen atoms in total. The highest BCUT2D eigenvalue weighted by Gasteiger charge is 2.13. The van der Waals surface area contributed by atoms with Crippen LogP contribution in [-0.4, -0.2) is 19.2 Å². The van der Waals surface area contributed by atoms with Gasteiger partial charge in [0.1, 0.15) is 5.75 Å². The first-order valence-electron chi connectivity index (χ1n) is 5.11. The Labute approximate surface area is 96.6 Å². The van der Waals surface area contributed by atoms with Crippen molar-refractivity contribution in [3.8, 4) is 5.75 Å². The van der Waals surface area contributed by atoms with Crippen LogP contribution in [0.2, 0.25) is 5.02 Å². The third-order valence-corrected chi connectivity index (χ3v) is 2.74. The third kappa shape index (κ3) is 4.54. The summed E-state index contributed by atoms with van der Waals surface area (Å²) >= 11 is 5.78. The molecule has 1 rings (SSSR count). The Morgan fingerprint density at radius 2 is 1.87 bits per heavy atom. The molecule has 0 radical (unpaired) electrons. The van der Waals surface area contributed by atoms with Crippen molar-refractivity contribution >= 4 is 11.6 Å². The summed E-state index contributed by atoms with van der Waals surface area (Å²) in [5, 5.41) is 3.97. The Morgan fingerprint density at radius 3 is 2.40 bits per heavy atom. The van der Waals surface area contributed by atoms with Crippen LogP contribution in [0.5, 0.6) is 5.75 Å². The minimum Gasteiger partial charge on any atom is -0.494 e. The molecule has 0 saturated heterocycles. The summed E-state index contributed by atoms with van der Waals surface area (Å²) in [5.74, 6) is 0.867. The van der Waals surface area contributed by atoms with Gasteiger partial charge in [-0.2, -0.15) is 0 Å². The van der Waals surface area contributed by atoms with E-state index >= 15 is 0 Å². The SMILES string of the molecule is CNC(C)(C)CCOc1ccc(Cl)cc1. The number of rotatable bonds is 5. The van der Waals surface area contributed by atoms with E-state index in [0.29, 0.717) is 6.61 Å². The van der Waals surface area contributed by atoms with Crippen molar-refractivity contribution in [2.24, 2.45) is 0 Å². The van der Waals surface area contributed by atoms with Gasteiger partial charge in [-0.15, -0.1) is 0 Å². The quantitative estimate of drug-likeness (QED) is 0.835. The van der Waals surface area contributed by atoms with Gasteiger partial charge in [0.05, 0.1) is 6.61 Å². The number of benzene rings is 1. The van der Waals surface area contributed by atoms with Gasteiger partial charge in [-0.25, -0.2) is 0 Å². The van der Waals surface area contributed by atoms with Crippen LogP contribution < -0.4 is 10.1 Å². The predicted molar refractivity (Wildman–Crippen MR) is 64.7 cm³/mol. The highest BCUT2D eigenvalue weighted by atomic mass is 35.5. The maximum atomic E-state index is 5.78. The Bertz CT molecular complexity index is 295. The Balaban J connectivity index is 2.35. The fraction of sp³-hybridized carbons (Fsp3) is 0.500. The molecule has 0 aliphatic carbocycles. The highest BCUT2D eigenvalue weighted by molar-refractivity contribution is 6.30. The van der Waals surface area contributed by atoms with Crippen molar-refractivity contribution in [3.63, 3.8) is 0 Å². The van der Waals surface area contributed by atoms with Crippen LogP contribution >= 0.6 is 11.6 Å². The molecule has 0 aliphatic heterocycles. The van der Waals surface area contributed by atoms with Crippen molar-refractivity contribution in [2.75, 3.05) is 13.7 Å². The number of ether oxygens (including phenoxy) is 1. The lowest BCUT2D eigenvalue weighted by atomic mass is 10.0. The number of hydrogen-bond donors (Lipinski definition) is 1. The topological polar surface area (TPSA) is 21.3 Å². The molecule has 15 heavy (non-hydrogen) atoms. The molecule has 0 aliphatic rings. The first kappa shape index (κ1) is 12.3. The van der Waals surface area contributed by atoms with E-state index in [2.05, 4.69) is 19.2 Å². The summed E-state index contributed by atoms with van der Waals surface area (Å²) < 4.78 is 5.60. The summed E-state index contributed by atoms with van der Waals surface area (Å²) in [4.78, 5) is 0. The van der Waals surface area contributed by atoms with Gasteiger partial charge in [0.15, 0.2) is 0 Å². The molecule has 0 spiro atoms. The van der Waals surface area contributed by atoms with Gasteiger partial charge in [0.25, 0.3) is 0 Å². The average molecular weight is 228 g/mol. The molecule has 84 valence electrons. The standard InChI is InChI=1S/C12H18ClNO/c1-12(2,14-3)8-9-15-11-6-4-10(13)5-7-11/h4-7,14H,8-9H2,1-3H3. The van der Waals surface area contributed by atoms with Crippen molar-refractivity contribution in [1.82, 2.24) is 5.32 Å². The maximum Gasteiger partial charge on any atom is 0.119 e. The second kappa shape index (κ2) is 5.38. The van der Waals surface area contributed by atoms with E-state index < -0.39 is 0 Å². The lowest BCUT2D eigenvalue weighted by Crippen LogP contribution is -2.37. The minimum atomic E-state index is 0.117. The van der Waals surface area contributed by atoms with Gasteiger partial charge < -0.3 is 10.1 Å². The average Bonchev–Trinajstić information content (AvgIpc) is 2.21. The summed E-state index contributed by atoms with van der Waals surface area (Å²) in [7, 11) is 1.96. The van der Waals surface area contributed by atoms with Crippen LogP contribution in [0.25, 0.3) is 0 Å². The lowest BCUT2D eigenvalue weighted by Gasteiger charge is -2.23. The molecule has 1 aromatic carbocycles. The molecule has 0 saturated carbocycles. The largest absolute Gasteiger partial charge is 0.494 e. The zero-order valence-electron chi connectivity index (χ0n) is 9.51. The first-order valence-corrected chi connectivity index (χ1v) is 5.48. The summed E-state index contributed by atoms with van der Waals surface area (Å²) in [6, 6.07) is 7.43. The summed E-state index contributed by atoms with van der Waals surface area (Å²) in [6.07, 6.45) is 0.964. The van der Waals surface area contributed by atoms with E-state index in [0.717, 1.165) is 17.2 Å². The second-order valence-corrected chi connectivity index (χ2v) is 4.62. The molecule has 0 aromatic heterocycles. The van der Waals surface area contributed by atoms with Crippen LogP contribution in [0.3, 0.4) is 0 Å². The molecular weight excluding hydrogens is 210 g/mol. The Hall–Kier alpha value is -0.730. The zero-order chi connectivity index (χ0) is 11.3. The second-order valence-electron chi connectivity index (χ2n) is 4.19. The van der Waals surface area contributed by atoms with E-state index in [1.807, 2.05) is 31.3 Å². The highest BCUT2D eigenvalue weighted by Crippen LogP contribution is 2.16. The monoisotopic (exact) mass is 227 g/mol. The van der Waals surface area contributed by atoms with Gasteiger partial charge >= 0.3 is 0 Å². The van der Waals surface area contributed by atoms with E-state index in [-0.39, 0.29) is 5.54 Å². The Morgan fingerprint density at radius 1 is 1.27 bits per heavy atom. The van der Waals surface area contributed by atoms with Crippen molar-refractivity contribution < 1.29 is 4.74 Å². The van der Waals surface area contributed by atoms with E-state index in [4.69, 9.17) is 16.3 Å². The third-order valence-electron chi connectivity index (χ3n) is 2.49. The summed E-state index contributed by atoms with van der Waals surface area (Å²) in [6.45, 7) is 5.01. The molecule has 0 amide bonds. The number of halogens is 1. The van der Waals surface area contributed by atoms with Gasteiger partial charge in [0.2, 0.25) is 0 Å². The van der Waals surface area contributed by atoms with Gasteiger partial charge in [-0.05, 0) is 51.6 Å². The number of hydrogen-bond acceptors (Lipinski definition) is 2. The zero-order valence-corrected chi connectivity index (χ0v) is 10.3. The van der Waals surface area contributed by atoms with Crippen LogP contribution in [0.15, 0.2) is 24.3 Å². The van der Waals surface area contributed by atoms with Gasteiger partial charge in [0, 0.05) is 10.6 Å². The van der Waals surface area contributed by atoms with Crippen molar-refractivity contribution in [3.05, 3.63) is 29.3 Å². The molecule has 0 atom stereocenters. The molecule has 0 heterocycles. The molecule has 0 fully saturated rings. The van der Waals surface area contributed by atoms with Crippen molar-refractivity contribution in [1.29, 1.82) is 0 Å². The molecule has 1 aromatic rings. The van der Waals surface area contributed by atoms with E-state index in [1.54, 1.807) is 0 Å². The van der Waals surface area contributed by atoms with Crippen LogP contribution in [0, 0.1) is 0 Å². The summed E-state index contributed by atoms with van der Waals surface area (Å²) in [5.41, 5.74) is 0.117. The van der Waals surface area contributed by atoms with Crippen LogP contribution in [-0.2, 0) is 0 Å². The van der Waals surface area contributed by atoms with Crippen LogP contribution in [0.1, 0.15) is 20.3 Å². The molecular formula is C12H18ClNO. The predicted octanol–water partition coefficient (Wildman–Crippen LogP) is 3.11. The smallest absolute Gasteiger partial charge is 0.119 e. The normalized spacial score (nSPS) is 11.5. The molecule has 0 unspecified atom stereocenters. The van der Waals surface area contributed by atoms with Gasteiger partial charge in [-0.1, -0.05) is 11.6 Å². The maximum absolute atomic E-state index is 5.78. The van der Waals surface area contributed by atoms with E-state index in [1.165, 1.54) is 0 Å². The first-order chi connectivity index (χ1) is 7.03. The minimum absolute atomic E-state index is 0.117. The lowest BCUT2D eigenvalue weighted by molar-refractivity contribution is 0.256. The van der Waals surface area contributed by atoms with Crippen LogP contribution in [0.4, 0.5) is 0 Å². The molecule has 3 heteroatoms. The van der Waals surface area contributed by atoms with E-state index in [9.17, 15) is 0 Å². The molecule has 0 bridgehead atoms. The molecule has 1 N–H and O–H groups in total.